The van der Waals surface area contributed by atoms with Crippen LogP contribution in [0, 0.1) is 0 Å². The average Bonchev–Trinajstić information content (AvgIpc) is 3.26. The van der Waals surface area contributed by atoms with E-state index in [2.05, 4.69) is 20.0 Å². The number of fused-ring (bicyclic) bond motifs is 1. The molecule has 0 radical (unpaired) electrons. The van der Waals surface area contributed by atoms with Gasteiger partial charge in [0.05, 0.1) is 38.8 Å². The Kier molecular flexibility index (Phi) is 9.81. The Labute approximate surface area is 215 Å². The minimum atomic E-state index is -3.81. The number of imidazole rings is 1. The van der Waals surface area contributed by atoms with Crippen LogP contribution in [0.2, 0.25) is 0 Å². The highest BCUT2D eigenvalue weighted by atomic mass is 31.2. The molecule has 0 bridgehead atoms. The molecular weight excluding hydrogens is 503 g/mol. The number of ether oxygens (including phenoxy) is 4. The van der Waals surface area contributed by atoms with Crippen molar-refractivity contribution in [1.29, 1.82) is 0 Å². The first-order valence-electron chi connectivity index (χ1n) is 11.6. The van der Waals surface area contributed by atoms with Crippen molar-refractivity contribution in [3.05, 3.63) is 36.9 Å². The number of nitrogens with two attached hydrogens (primary N) is 1. The Balaban J connectivity index is 1.77. The number of nitrogen functional groups attached to an aromatic ring is 1. The minimum absolute atomic E-state index is 0.0841. The average molecular weight is 537 g/mol. The lowest BCUT2D eigenvalue weighted by Gasteiger charge is -2.26. The second-order valence-corrected chi connectivity index (χ2v) is 10.5. The highest BCUT2D eigenvalue weighted by molar-refractivity contribution is 7.57. The molecule has 2 heterocycles. The minimum Gasteiger partial charge on any atom is -0.497 e. The van der Waals surface area contributed by atoms with Crippen LogP contribution in [-0.4, -0.2) is 70.9 Å². The first-order valence-corrected chi connectivity index (χ1v) is 13.4. The van der Waals surface area contributed by atoms with E-state index in [9.17, 15) is 9.36 Å². The van der Waals surface area contributed by atoms with Gasteiger partial charge in [-0.1, -0.05) is 0 Å². The van der Waals surface area contributed by atoms with Crippen molar-refractivity contribution in [2.75, 3.05) is 32.9 Å². The molecule has 0 aliphatic heterocycles. The molecule has 37 heavy (non-hydrogen) atoms. The van der Waals surface area contributed by atoms with E-state index in [1.807, 2.05) is 0 Å². The summed E-state index contributed by atoms with van der Waals surface area (Å²) in [6.07, 6.45) is 1.78. The van der Waals surface area contributed by atoms with Crippen molar-refractivity contribution in [2.24, 2.45) is 0 Å². The summed E-state index contributed by atoms with van der Waals surface area (Å²) < 4.78 is 43.1. The van der Waals surface area contributed by atoms with Crippen molar-refractivity contribution in [1.82, 2.24) is 24.6 Å². The molecule has 0 fully saturated rings. The smallest absolute Gasteiger partial charge is 0.342 e. The topological polar surface area (TPSA) is 162 Å². The summed E-state index contributed by atoms with van der Waals surface area (Å²) in [5.74, 6) is 0.561. The van der Waals surface area contributed by atoms with E-state index >= 15 is 0 Å². The van der Waals surface area contributed by atoms with E-state index in [4.69, 9.17) is 29.2 Å². The molecule has 3 aromatic rings. The van der Waals surface area contributed by atoms with E-state index in [1.165, 1.54) is 20.5 Å². The lowest BCUT2D eigenvalue weighted by molar-refractivity contribution is -0.150. The van der Waals surface area contributed by atoms with E-state index < -0.39 is 25.6 Å². The van der Waals surface area contributed by atoms with Gasteiger partial charge in [0.1, 0.15) is 35.7 Å². The van der Waals surface area contributed by atoms with Crippen molar-refractivity contribution >= 4 is 30.5 Å². The van der Waals surface area contributed by atoms with Gasteiger partial charge in [0, 0.05) is 7.11 Å². The number of esters is 1. The first kappa shape index (κ1) is 28.3. The van der Waals surface area contributed by atoms with Crippen LogP contribution in [0.5, 0.6) is 11.5 Å². The monoisotopic (exact) mass is 536 g/mol. The largest absolute Gasteiger partial charge is 0.497 e. The fourth-order valence-electron chi connectivity index (χ4n) is 3.36. The summed E-state index contributed by atoms with van der Waals surface area (Å²) >= 11 is 0. The van der Waals surface area contributed by atoms with Crippen LogP contribution in [0.25, 0.3) is 11.2 Å². The Bertz CT molecular complexity index is 1220. The van der Waals surface area contributed by atoms with Crippen LogP contribution in [0.1, 0.15) is 20.8 Å². The molecule has 1 aromatic carbocycles. The molecule has 0 saturated heterocycles. The highest BCUT2D eigenvalue weighted by Crippen LogP contribution is 2.44. The number of carbonyl (C=O) groups excluding carboxylic acids is 1. The number of hydrogen-bond acceptors (Lipinski definition) is 11. The SMILES string of the molecule is COC[C@H](N[P@](=O)(CO[C@H](C)Cn1cnc2c(N)ncnc21)Oc1ccc(OC)cc1)C(=O)OC(C)C. The Morgan fingerprint density at radius 3 is 2.46 bits per heavy atom. The number of nitrogens with one attached hydrogen (secondary N) is 1. The highest BCUT2D eigenvalue weighted by Gasteiger charge is 2.34. The molecular formula is C23H33N6O7P. The van der Waals surface area contributed by atoms with Crippen LogP contribution in [-0.2, 0) is 30.1 Å². The van der Waals surface area contributed by atoms with Crippen LogP contribution >= 0.6 is 7.52 Å². The second-order valence-electron chi connectivity index (χ2n) is 8.50. The quantitative estimate of drug-likeness (QED) is 0.229. The lowest BCUT2D eigenvalue weighted by Crippen LogP contribution is -2.42. The summed E-state index contributed by atoms with van der Waals surface area (Å²) in [5.41, 5.74) is 6.89. The summed E-state index contributed by atoms with van der Waals surface area (Å²) in [7, 11) is -0.846. The normalized spacial score (nSPS) is 14.8. The third kappa shape index (κ3) is 7.86. The Morgan fingerprint density at radius 1 is 1.11 bits per heavy atom. The van der Waals surface area contributed by atoms with Crippen LogP contribution in [0.15, 0.2) is 36.9 Å². The Hall–Kier alpha value is -3.25. The fourth-order valence-corrected chi connectivity index (χ4v) is 5.11. The number of hydrogen-bond donors (Lipinski definition) is 2. The van der Waals surface area contributed by atoms with Gasteiger partial charge in [0.25, 0.3) is 0 Å². The van der Waals surface area contributed by atoms with Crippen LogP contribution < -0.4 is 20.1 Å². The van der Waals surface area contributed by atoms with Crippen molar-refractivity contribution in [3.8, 4) is 11.5 Å². The Morgan fingerprint density at radius 2 is 1.81 bits per heavy atom. The zero-order valence-electron chi connectivity index (χ0n) is 21.5. The van der Waals surface area contributed by atoms with Gasteiger partial charge in [-0.2, -0.15) is 0 Å². The molecule has 0 aliphatic carbocycles. The maximum Gasteiger partial charge on any atom is 0.342 e. The molecule has 2 aromatic heterocycles. The van der Waals surface area contributed by atoms with Crippen molar-refractivity contribution < 1.29 is 32.8 Å². The number of carbonyl (C=O) groups is 1. The molecule has 3 atom stereocenters. The van der Waals surface area contributed by atoms with E-state index in [0.717, 1.165) is 0 Å². The zero-order valence-corrected chi connectivity index (χ0v) is 22.4. The number of nitrogens with zero attached hydrogens (tertiary/aromatic N) is 4. The number of aromatic nitrogens is 4. The molecule has 14 heteroatoms. The van der Waals surface area contributed by atoms with E-state index in [-0.39, 0.29) is 24.9 Å². The lowest BCUT2D eigenvalue weighted by atomic mass is 10.3. The molecule has 0 aliphatic rings. The third-order valence-electron chi connectivity index (χ3n) is 5.05. The zero-order chi connectivity index (χ0) is 27.0. The molecule has 202 valence electrons. The van der Waals surface area contributed by atoms with Gasteiger partial charge in [-0.25, -0.2) is 20.0 Å². The number of rotatable bonds is 14. The van der Waals surface area contributed by atoms with Gasteiger partial charge in [-0.3, -0.25) is 9.36 Å². The number of methoxy groups -OCH3 is 2. The maximum atomic E-state index is 14.0. The van der Waals surface area contributed by atoms with E-state index in [0.29, 0.717) is 29.2 Å². The standard InChI is InChI=1S/C23H33N6O7P/c1-15(2)35-23(30)19(11-32-4)28-37(31,36-18-8-6-17(33-5)7-9-18)14-34-16(3)10-29-13-27-20-21(24)25-12-26-22(20)29/h6-9,12-13,15-16,19H,10-11,14H2,1-5H3,(H,28,31)(H2,24,25,26)/t16-,19+,37+/m1/s1. The van der Waals surface area contributed by atoms with Crippen LogP contribution in [0.4, 0.5) is 5.82 Å². The second kappa shape index (κ2) is 12.8. The number of anilines is 1. The third-order valence-corrected chi connectivity index (χ3v) is 6.75. The van der Waals surface area contributed by atoms with Gasteiger partial charge in [-0.15, -0.1) is 0 Å². The molecule has 0 unspecified atom stereocenters. The van der Waals surface area contributed by atoms with E-state index in [1.54, 1.807) is 55.9 Å². The summed E-state index contributed by atoms with van der Waals surface area (Å²) in [6.45, 7) is 5.50. The van der Waals surface area contributed by atoms with Gasteiger partial charge in [0.15, 0.2) is 11.5 Å². The maximum absolute atomic E-state index is 14.0. The van der Waals surface area contributed by atoms with Gasteiger partial charge in [0.2, 0.25) is 0 Å². The number of benzene rings is 1. The first-order chi connectivity index (χ1) is 17.6. The van der Waals surface area contributed by atoms with Crippen molar-refractivity contribution in [3.63, 3.8) is 0 Å². The van der Waals surface area contributed by atoms with Gasteiger partial charge >= 0.3 is 13.5 Å². The molecule has 0 amide bonds. The molecule has 0 spiro atoms. The molecule has 0 saturated carbocycles. The summed E-state index contributed by atoms with van der Waals surface area (Å²) in [4.78, 5) is 25.0. The summed E-state index contributed by atoms with van der Waals surface area (Å²) in [6, 6.07) is 5.50. The molecule has 3 N–H and O–H groups in total. The van der Waals surface area contributed by atoms with Gasteiger partial charge < -0.3 is 33.8 Å². The molecule has 13 nitrogen and oxygen atoms in total. The predicted molar refractivity (Wildman–Crippen MR) is 136 cm³/mol. The van der Waals surface area contributed by atoms with Crippen LogP contribution in [0.3, 0.4) is 0 Å². The van der Waals surface area contributed by atoms with Gasteiger partial charge in [-0.05, 0) is 45.0 Å². The molecule has 3 rings (SSSR count). The summed E-state index contributed by atoms with van der Waals surface area (Å²) in [5, 5.41) is 2.79. The van der Waals surface area contributed by atoms with Crippen molar-refractivity contribution in [2.45, 2.75) is 45.6 Å². The predicted octanol–water partition coefficient (Wildman–Crippen LogP) is 2.61. The fraction of sp³-hybridized carbons (Fsp3) is 0.478.